The van der Waals surface area contributed by atoms with Gasteiger partial charge in [0.2, 0.25) is 0 Å². The van der Waals surface area contributed by atoms with Gasteiger partial charge in [-0.2, -0.15) is 0 Å². The fourth-order valence-electron chi connectivity index (χ4n) is 1.16. The smallest absolute Gasteiger partial charge is 0.0830 e. The molecule has 0 aliphatic rings. The minimum atomic E-state index is -0.149. The van der Waals surface area contributed by atoms with Crippen molar-refractivity contribution < 1.29 is 9.84 Å². The number of hydrogen-bond acceptors (Lipinski definition) is 2. The Bertz CT molecular complexity index is 132. The summed E-state index contributed by atoms with van der Waals surface area (Å²) in [4.78, 5) is 0. The second-order valence-electron chi connectivity index (χ2n) is 3.18. The van der Waals surface area contributed by atoms with Gasteiger partial charge < -0.3 is 9.84 Å². The minimum absolute atomic E-state index is 0.149. The predicted octanol–water partition coefficient (Wildman–Crippen LogP) is 2.13. The first-order valence-corrected chi connectivity index (χ1v) is 4.52. The second-order valence-corrected chi connectivity index (χ2v) is 3.18. The van der Waals surface area contributed by atoms with Gasteiger partial charge in [0.25, 0.3) is 0 Å². The summed E-state index contributed by atoms with van der Waals surface area (Å²) < 4.78 is 5.36. The molecule has 0 spiro atoms. The molecule has 0 aromatic rings. The summed E-state index contributed by atoms with van der Waals surface area (Å²) in [6.07, 6.45) is 6.84. The summed E-state index contributed by atoms with van der Waals surface area (Å²) in [6, 6.07) is 0. The van der Waals surface area contributed by atoms with Crippen molar-refractivity contribution in [2.24, 2.45) is 0 Å². The zero-order chi connectivity index (χ0) is 9.45. The van der Waals surface area contributed by atoms with Gasteiger partial charge in [0.1, 0.15) is 0 Å². The normalized spacial score (nSPS) is 16.7. The molecule has 12 heavy (non-hydrogen) atoms. The van der Waals surface area contributed by atoms with Gasteiger partial charge in [0.15, 0.2) is 0 Å². The highest BCUT2D eigenvalue weighted by Gasteiger charge is 2.17. The van der Waals surface area contributed by atoms with Crippen molar-refractivity contribution in [1.82, 2.24) is 0 Å². The molecule has 72 valence electrons. The molecule has 0 fully saturated rings. The van der Waals surface area contributed by atoms with Gasteiger partial charge in [-0.1, -0.05) is 25.5 Å². The van der Waals surface area contributed by atoms with E-state index in [4.69, 9.17) is 9.84 Å². The first-order chi connectivity index (χ1) is 5.68. The van der Waals surface area contributed by atoms with E-state index in [9.17, 15) is 0 Å². The fraction of sp³-hybridized carbons (Fsp3) is 0.800. The van der Waals surface area contributed by atoms with Crippen LogP contribution in [-0.4, -0.2) is 24.4 Å². The van der Waals surface area contributed by atoms with Crippen LogP contribution < -0.4 is 0 Å². The number of hydrogen-bond donors (Lipinski definition) is 1. The molecule has 0 aliphatic heterocycles. The Morgan fingerprint density at radius 1 is 1.50 bits per heavy atom. The number of aliphatic hydroxyl groups is 1. The van der Waals surface area contributed by atoms with E-state index in [-0.39, 0.29) is 12.2 Å². The molecule has 0 aromatic carbocycles. The molecule has 0 aromatic heterocycles. The average Bonchev–Trinajstić information content (AvgIpc) is 2.06. The van der Waals surface area contributed by atoms with E-state index in [1.54, 1.807) is 7.11 Å². The van der Waals surface area contributed by atoms with Crippen LogP contribution in [0.25, 0.3) is 0 Å². The Balaban J connectivity index is 3.94. The topological polar surface area (TPSA) is 29.5 Å². The van der Waals surface area contributed by atoms with Crippen molar-refractivity contribution in [3.63, 3.8) is 0 Å². The van der Waals surface area contributed by atoms with Crippen molar-refractivity contribution in [3.8, 4) is 0 Å². The van der Waals surface area contributed by atoms with Crippen molar-refractivity contribution in [1.29, 1.82) is 0 Å². The lowest BCUT2D eigenvalue weighted by Gasteiger charge is -2.23. The highest BCUT2D eigenvalue weighted by molar-refractivity contribution is 4.99. The van der Waals surface area contributed by atoms with Gasteiger partial charge in [-0.3, -0.25) is 0 Å². The van der Waals surface area contributed by atoms with E-state index < -0.39 is 0 Å². The van der Waals surface area contributed by atoms with E-state index in [2.05, 4.69) is 13.8 Å². The Labute approximate surface area is 75.2 Å². The average molecular weight is 172 g/mol. The van der Waals surface area contributed by atoms with Crippen molar-refractivity contribution in [3.05, 3.63) is 12.2 Å². The maximum Gasteiger partial charge on any atom is 0.0830 e. The molecular weight excluding hydrogens is 152 g/mol. The summed E-state index contributed by atoms with van der Waals surface area (Å²) in [5.74, 6) is 0. The lowest BCUT2D eigenvalue weighted by molar-refractivity contribution is 0.0405. The quantitative estimate of drug-likeness (QED) is 0.622. The third-order valence-corrected chi connectivity index (χ3v) is 1.98. The largest absolute Gasteiger partial charge is 0.396 e. The van der Waals surface area contributed by atoms with Crippen LogP contribution in [0.1, 0.15) is 33.1 Å². The van der Waals surface area contributed by atoms with Gasteiger partial charge in [-0.05, 0) is 19.8 Å². The molecule has 1 N–H and O–H groups in total. The van der Waals surface area contributed by atoms with E-state index in [1.807, 2.05) is 12.2 Å². The fourth-order valence-corrected chi connectivity index (χ4v) is 1.16. The third-order valence-electron chi connectivity index (χ3n) is 1.98. The van der Waals surface area contributed by atoms with Crippen LogP contribution in [0.3, 0.4) is 0 Å². The van der Waals surface area contributed by atoms with Gasteiger partial charge in [-0.15, -0.1) is 0 Å². The Morgan fingerprint density at radius 2 is 2.17 bits per heavy atom. The first kappa shape index (κ1) is 11.7. The zero-order valence-corrected chi connectivity index (χ0v) is 8.34. The van der Waals surface area contributed by atoms with Crippen molar-refractivity contribution >= 4 is 0 Å². The van der Waals surface area contributed by atoms with Crippen LogP contribution in [0.15, 0.2) is 12.2 Å². The summed E-state index contributed by atoms with van der Waals surface area (Å²) in [6.45, 7) is 4.41. The second kappa shape index (κ2) is 6.21. The molecule has 0 rings (SSSR count). The van der Waals surface area contributed by atoms with Gasteiger partial charge in [0, 0.05) is 13.7 Å². The summed E-state index contributed by atoms with van der Waals surface area (Å²) in [5.41, 5.74) is -0.149. The summed E-state index contributed by atoms with van der Waals surface area (Å²) >= 11 is 0. The zero-order valence-electron chi connectivity index (χ0n) is 8.34. The molecule has 1 atom stereocenters. The van der Waals surface area contributed by atoms with Gasteiger partial charge >= 0.3 is 0 Å². The SMILES string of the molecule is CCCC(C)(C=CCCO)OC. The molecular formula is C10H20O2. The van der Waals surface area contributed by atoms with E-state index >= 15 is 0 Å². The number of ether oxygens (including phenoxy) is 1. The molecule has 0 saturated heterocycles. The van der Waals surface area contributed by atoms with Crippen molar-refractivity contribution in [2.75, 3.05) is 13.7 Å². The molecule has 0 aliphatic carbocycles. The molecule has 0 bridgehead atoms. The molecule has 0 amide bonds. The number of methoxy groups -OCH3 is 1. The molecule has 0 heterocycles. The lowest BCUT2D eigenvalue weighted by Crippen LogP contribution is -2.23. The third kappa shape index (κ3) is 4.52. The van der Waals surface area contributed by atoms with Gasteiger partial charge in [-0.25, -0.2) is 0 Å². The Hall–Kier alpha value is -0.340. The van der Waals surface area contributed by atoms with Crippen LogP contribution in [0, 0.1) is 0 Å². The van der Waals surface area contributed by atoms with E-state index in [0.29, 0.717) is 6.42 Å². The predicted molar refractivity (Wildman–Crippen MR) is 51.2 cm³/mol. The summed E-state index contributed by atoms with van der Waals surface area (Å²) in [5, 5.41) is 8.57. The van der Waals surface area contributed by atoms with Gasteiger partial charge in [0.05, 0.1) is 5.60 Å². The first-order valence-electron chi connectivity index (χ1n) is 4.52. The molecule has 1 unspecified atom stereocenters. The van der Waals surface area contributed by atoms with E-state index in [1.165, 1.54) is 0 Å². The number of rotatable bonds is 6. The standard InChI is InChI=1S/C10H20O2/c1-4-7-10(2,12-3)8-5-6-9-11/h5,8,11H,4,6-7,9H2,1-3H3. The van der Waals surface area contributed by atoms with Crippen molar-refractivity contribution in [2.45, 2.75) is 38.7 Å². The molecule has 2 heteroatoms. The monoisotopic (exact) mass is 172 g/mol. The maximum atomic E-state index is 8.57. The highest BCUT2D eigenvalue weighted by Crippen LogP contribution is 2.18. The molecule has 2 nitrogen and oxygen atoms in total. The van der Waals surface area contributed by atoms with Crippen LogP contribution in [0.2, 0.25) is 0 Å². The van der Waals surface area contributed by atoms with Crippen LogP contribution in [0.4, 0.5) is 0 Å². The van der Waals surface area contributed by atoms with Crippen LogP contribution >= 0.6 is 0 Å². The maximum absolute atomic E-state index is 8.57. The lowest BCUT2D eigenvalue weighted by atomic mass is 9.99. The van der Waals surface area contributed by atoms with E-state index in [0.717, 1.165) is 12.8 Å². The molecule has 0 saturated carbocycles. The Morgan fingerprint density at radius 3 is 2.58 bits per heavy atom. The summed E-state index contributed by atoms with van der Waals surface area (Å²) in [7, 11) is 1.72. The molecule has 0 radical (unpaired) electrons. The van der Waals surface area contributed by atoms with Crippen LogP contribution in [0.5, 0.6) is 0 Å². The number of aliphatic hydroxyl groups excluding tert-OH is 1. The minimum Gasteiger partial charge on any atom is -0.396 e. The Kier molecular flexibility index (Phi) is 6.03. The van der Waals surface area contributed by atoms with Crippen LogP contribution in [-0.2, 0) is 4.74 Å². The highest BCUT2D eigenvalue weighted by atomic mass is 16.5.